The van der Waals surface area contributed by atoms with E-state index in [2.05, 4.69) is 9.97 Å². The van der Waals surface area contributed by atoms with Crippen LogP contribution < -0.4 is 5.73 Å². The van der Waals surface area contributed by atoms with Crippen molar-refractivity contribution in [1.82, 2.24) is 14.5 Å². The Morgan fingerprint density at radius 1 is 1.36 bits per heavy atom. The zero-order valence-electron chi connectivity index (χ0n) is 8.01. The van der Waals surface area contributed by atoms with Gasteiger partial charge in [-0.15, -0.1) is 0 Å². The van der Waals surface area contributed by atoms with Crippen molar-refractivity contribution in [2.75, 3.05) is 5.73 Å². The van der Waals surface area contributed by atoms with E-state index in [1.807, 2.05) is 29.8 Å². The Balaban J connectivity index is 2.23. The van der Waals surface area contributed by atoms with Gasteiger partial charge in [0, 0.05) is 18.6 Å². The molecule has 0 aliphatic heterocycles. The Hall–Kier alpha value is -1.84. The molecule has 2 aromatic heterocycles. The fourth-order valence-electron chi connectivity index (χ4n) is 1.38. The van der Waals surface area contributed by atoms with Crippen LogP contribution >= 0.6 is 0 Å². The van der Waals surface area contributed by atoms with Crippen LogP contribution in [0.3, 0.4) is 0 Å². The van der Waals surface area contributed by atoms with Crippen molar-refractivity contribution in [1.29, 1.82) is 0 Å². The van der Waals surface area contributed by atoms with Crippen LogP contribution in [0.2, 0.25) is 0 Å². The second-order valence-electron chi connectivity index (χ2n) is 3.22. The number of nitrogen functional groups attached to an aromatic ring is 1. The quantitative estimate of drug-likeness (QED) is 0.770. The molecule has 72 valence electrons. The van der Waals surface area contributed by atoms with Crippen LogP contribution in [-0.4, -0.2) is 14.5 Å². The highest BCUT2D eigenvalue weighted by molar-refractivity contribution is 5.23. The first kappa shape index (κ1) is 8.74. The lowest BCUT2D eigenvalue weighted by Gasteiger charge is -2.03. The minimum Gasteiger partial charge on any atom is -0.369 e. The smallest absolute Gasteiger partial charge is 0.200 e. The maximum absolute atomic E-state index is 5.73. The van der Waals surface area contributed by atoms with Crippen molar-refractivity contribution in [2.24, 2.45) is 0 Å². The minimum absolute atomic E-state index is 0.555. The van der Waals surface area contributed by atoms with Crippen molar-refractivity contribution < 1.29 is 0 Å². The van der Waals surface area contributed by atoms with Crippen molar-refractivity contribution in [3.8, 4) is 0 Å². The average molecular weight is 188 g/mol. The molecule has 0 saturated carbocycles. The summed E-state index contributed by atoms with van der Waals surface area (Å²) in [4.78, 5) is 8.09. The van der Waals surface area contributed by atoms with Gasteiger partial charge in [0.05, 0.1) is 12.2 Å². The normalized spacial score (nSPS) is 10.4. The SMILES string of the molecule is Cc1cn(Cc2ccncc2)c(N)n1. The van der Waals surface area contributed by atoms with Gasteiger partial charge in [0.15, 0.2) is 0 Å². The van der Waals surface area contributed by atoms with Crippen LogP contribution in [0.15, 0.2) is 30.7 Å². The topological polar surface area (TPSA) is 56.7 Å². The van der Waals surface area contributed by atoms with E-state index in [-0.39, 0.29) is 0 Å². The summed E-state index contributed by atoms with van der Waals surface area (Å²) in [5.41, 5.74) is 7.84. The van der Waals surface area contributed by atoms with Crippen LogP contribution in [0.25, 0.3) is 0 Å². The monoisotopic (exact) mass is 188 g/mol. The highest BCUT2D eigenvalue weighted by atomic mass is 15.1. The fourth-order valence-corrected chi connectivity index (χ4v) is 1.38. The average Bonchev–Trinajstić information content (AvgIpc) is 2.47. The first-order valence-corrected chi connectivity index (χ1v) is 4.44. The Morgan fingerprint density at radius 3 is 2.64 bits per heavy atom. The van der Waals surface area contributed by atoms with Crippen LogP contribution in [0, 0.1) is 6.92 Å². The van der Waals surface area contributed by atoms with E-state index in [4.69, 9.17) is 5.73 Å². The third-order valence-electron chi connectivity index (χ3n) is 2.03. The van der Waals surface area contributed by atoms with Gasteiger partial charge in [-0.1, -0.05) is 0 Å². The van der Waals surface area contributed by atoms with Crippen molar-refractivity contribution in [3.63, 3.8) is 0 Å². The highest BCUT2D eigenvalue weighted by Crippen LogP contribution is 2.07. The van der Waals surface area contributed by atoms with Gasteiger partial charge in [-0.25, -0.2) is 4.98 Å². The van der Waals surface area contributed by atoms with Crippen molar-refractivity contribution in [3.05, 3.63) is 42.0 Å². The molecule has 0 radical (unpaired) electrons. The molecule has 14 heavy (non-hydrogen) atoms. The van der Waals surface area contributed by atoms with E-state index in [9.17, 15) is 0 Å². The molecule has 0 atom stereocenters. The molecule has 2 rings (SSSR count). The van der Waals surface area contributed by atoms with E-state index < -0.39 is 0 Å². The van der Waals surface area contributed by atoms with Gasteiger partial charge in [-0.3, -0.25) is 4.98 Å². The summed E-state index contributed by atoms with van der Waals surface area (Å²) in [6.45, 7) is 2.68. The van der Waals surface area contributed by atoms with E-state index in [0.29, 0.717) is 5.95 Å². The summed E-state index contributed by atoms with van der Waals surface area (Å²) < 4.78 is 1.92. The van der Waals surface area contributed by atoms with Gasteiger partial charge < -0.3 is 10.3 Å². The van der Waals surface area contributed by atoms with Crippen LogP contribution in [0.1, 0.15) is 11.3 Å². The Morgan fingerprint density at radius 2 is 2.07 bits per heavy atom. The lowest BCUT2D eigenvalue weighted by atomic mass is 10.3. The summed E-state index contributed by atoms with van der Waals surface area (Å²) in [6, 6.07) is 3.93. The molecule has 0 spiro atoms. The first-order valence-electron chi connectivity index (χ1n) is 4.44. The first-order chi connectivity index (χ1) is 6.75. The Kier molecular flexibility index (Phi) is 2.18. The summed E-state index contributed by atoms with van der Waals surface area (Å²) in [6.07, 6.45) is 5.49. The van der Waals surface area contributed by atoms with Crippen LogP contribution in [0.5, 0.6) is 0 Å². The molecule has 2 heterocycles. The molecule has 0 bridgehead atoms. The highest BCUT2D eigenvalue weighted by Gasteiger charge is 2.01. The third-order valence-corrected chi connectivity index (χ3v) is 2.03. The maximum Gasteiger partial charge on any atom is 0.200 e. The second-order valence-corrected chi connectivity index (χ2v) is 3.22. The largest absolute Gasteiger partial charge is 0.369 e. The predicted molar refractivity (Wildman–Crippen MR) is 54.7 cm³/mol. The number of nitrogens with zero attached hydrogens (tertiary/aromatic N) is 3. The number of hydrogen-bond donors (Lipinski definition) is 1. The number of rotatable bonds is 2. The number of aromatic nitrogens is 3. The summed E-state index contributed by atoms with van der Waals surface area (Å²) in [5.74, 6) is 0.555. The van der Waals surface area contributed by atoms with Gasteiger partial charge in [-0.05, 0) is 24.6 Å². The van der Waals surface area contributed by atoms with Gasteiger partial charge >= 0.3 is 0 Å². The molecule has 2 N–H and O–H groups in total. The molecule has 4 nitrogen and oxygen atoms in total. The molecule has 0 aliphatic carbocycles. The molecule has 0 unspecified atom stereocenters. The second kappa shape index (κ2) is 3.49. The molecule has 0 aliphatic rings. The summed E-state index contributed by atoms with van der Waals surface area (Å²) >= 11 is 0. The molecule has 0 fully saturated rings. The molecular formula is C10H12N4. The number of imidazole rings is 1. The van der Waals surface area contributed by atoms with E-state index in [0.717, 1.165) is 12.2 Å². The van der Waals surface area contributed by atoms with Gasteiger partial charge in [0.1, 0.15) is 0 Å². The number of pyridine rings is 1. The molecular weight excluding hydrogens is 176 g/mol. The standard InChI is InChI=1S/C10H12N4/c1-8-6-14(10(11)13-8)7-9-2-4-12-5-3-9/h2-6H,7H2,1H3,(H2,11,13). The van der Waals surface area contributed by atoms with Crippen LogP contribution in [-0.2, 0) is 6.54 Å². The molecule has 2 aromatic rings. The number of nitrogens with two attached hydrogens (primary N) is 1. The Bertz CT molecular complexity index is 419. The lowest BCUT2D eigenvalue weighted by molar-refractivity contribution is 0.808. The maximum atomic E-state index is 5.73. The van der Waals surface area contributed by atoms with E-state index in [1.165, 1.54) is 5.56 Å². The molecule has 0 amide bonds. The Labute approximate surface area is 82.4 Å². The number of anilines is 1. The van der Waals surface area contributed by atoms with Crippen molar-refractivity contribution in [2.45, 2.75) is 13.5 Å². The summed E-state index contributed by atoms with van der Waals surface area (Å²) in [7, 11) is 0. The summed E-state index contributed by atoms with van der Waals surface area (Å²) in [5, 5.41) is 0. The third kappa shape index (κ3) is 1.74. The van der Waals surface area contributed by atoms with Gasteiger partial charge in [-0.2, -0.15) is 0 Å². The van der Waals surface area contributed by atoms with Crippen LogP contribution in [0.4, 0.5) is 5.95 Å². The van der Waals surface area contributed by atoms with E-state index >= 15 is 0 Å². The molecule has 4 heteroatoms. The van der Waals surface area contributed by atoms with Gasteiger partial charge in [0.2, 0.25) is 5.95 Å². The number of aryl methyl sites for hydroxylation is 1. The number of hydrogen-bond acceptors (Lipinski definition) is 3. The van der Waals surface area contributed by atoms with Crippen molar-refractivity contribution >= 4 is 5.95 Å². The predicted octanol–water partition coefficient (Wildman–Crippen LogP) is 1.22. The zero-order chi connectivity index (χ0) is 9.97. The molecule has 0 aromatic carbocycles. The van der Waals surface area contributed by atoms with Gasteiger partial charge in [0.25, 0.3) is 0 Å². The van der Waals surface area contributed by atoms with E-state index in [1.54, 1.807) is 12.4 Å². The minimum atomic E-state index is 0.555. The fraction of sp³-hybridized carbons (Fsp3) is 0.200. The molecule has 0 saturated heterocycles. The zero-order valence-corrected chi connectivity index (χ0v) is 8.01. The lowest BCUT2D eigenvalue weighted by Crippen LogP contribution is -2.03.